The second-order valence-corrected chi connectivity index (χ2v) is 9.60. The fourth-order valence-corrected chi connectivity index (χ4v) is 5.02. The smallest absolute Gasteiger partial charge is 0.357 e. The molecule has 5 rings (SSSR count). The Bertz CT molecular complexity index is 1540. The van der Waals surface area contributed by atoms with E-state index in [-0.39, 0.29) is 5.69 Å². The molecule has 0 radical (unpaired) electrons. The van der Waals surface area contributed by atoms with Crippen LogP contribution in [0.5, 0.6) is 0 Å². The number of hydrogen-bond acceptors (Lipinski definition) is 6. The van der Waals surface area contributed by atoms with Gasteiger partial charge in [0, 0.05) is 23.1 Å². The second-order valence-electron chi connectivity index (χ2n) is 7.59. The van der Waals surface area contributed by atoms with Crippen molar-refractivity contribution in [2.75, 3.05) is 10.0 Å². The highest BCUT2D eigenvalue weighted by molar-refractivity contribution is 7.87. The minimum atomic E-state index is -4.31. The average molecular weight is 489 g/mol. The minimum absolute atomic E-state index is 0.284. The van der Waals surface area contributed by atoms with Crippen LogP contribution in [0.4, 0.5) is 11.5 Å². The van der Waals surface area contributed by atoms with Gasteiger partial charge in [-0.15, -0.1) is 11.3 Å². The molecule has 0 bridgehead atoms. The van der Waals surface area contributed by atoms with Crippen molar-refractivity contribution in [3.05, 3.63) is 95.9 Å². The maximum absolute atomic E-state index is 11.0. The largest absolute Gasteiger partial charge is 0.365 e. The van der Waals surface area contributed by atoms with Crippen LogP contribution in [-0.4, -0.2) is 22.9 Å². The molecule has 170 valence electrons. The van der Waals surface area contributed by atoms with Gasteiger partial charge < -0.3 is 5.32 Å². The van der Waals surface area contributed by atoms with Crippen LogP contribution in [-0.2, 0) is 16.8 Å². The summed E-state index contributed by atoms with van der Waals surface area (Å²) in [6.07, 6.45) is 0. The molecule has 9 heteroatoms. The van der Waals surface area contributed by atoms with Crippen molar-refractivity contribution in [3.63, 3.8) is 0 Å². The fourth-order valence-electron chi connectivity index (χ4n) is 3.64. The van der Waals surface area contributed by atoms with E-state index in [4.69, 9.17) is 14.5 Å². The number of thiophene rings is 1. The summed E-state index contributed by atoms with van der Waals surface area (Å²) in [5, 5.41) is 6.51. The van der Waals surface area contributed by atoms with E-state index in [1.54, 1.807) is 35.6 Å². The Balaban J connectivity index is 1.52. The van der Waals surface area contributed by atoms with E-state index in [1.807, 2.05) is 53.3 Å². The van der Waals surface area contributed by atoms with E-state index in [0.29, 0.717) is 12.4 Å². The van der Waals surface area contributed by atoms with Gasteiger partial charge in [-0.05, 0) is 23.3 Å². The van der Waals surface area contributed by atoms with Crippen LogP contribution in [0.25, 0.3) is 32.7 Å². The predicted octanol–water partition coefficient (Wildman–Crippen LogP) is 5.85. The van der Waals surface area contributed by atoms with Crippen LogP contribution < -0.4 is 10.0 Å². The molecule has 0 aliphatic heterocycles. The lowest BCUT2D eigenvalue weighted by Crippen LogP contribution is -2.10. The monoisotopic (exact) mass is 488 g/mol. The van der Waals surface area contributed by atoms with Gasteiger partial charge >= 0.3 is 10.3 Å². The van der Waals surface area contributed by atoms with E-state index < -0.39 is 10.3 Å². The van der Waals surface area contributed by atoms with Gasteiger partial charge in [-0.25, -0.2) is 9.97 Å². The summed E-state index contributed by atoms with van der Waals surface area (Å²) in [5.74, 6) is 1.37. The molecule has 34 heavy (non-hydrogen) atoms. The van der Waals surface area contributed by atoms with Crippen LogP contribution in [0.3, 0.4) is 0 Å². The average Bonchev–Trinajstić information content (AvgIpc) is 3.28. The van der Waals surface area contributed by atoms with Gasteiger partial charge in [-0.1, -0.05) is 72.8 Å². The van der Waals surface area contributed by atoms with E-state index in [1.165, 1.54) is 0 Å². The highest BCUT2D eigenvalue weighted by atomic mass is 32.2. The van der Waals surface area contributed by atoms with Gasteiger partial charge in [0.25, 0.3) is 0 Å². The number of rotatable bonds is 7. The summed E-state index contributed by atoms with van der Waals surface area (Å²) in [5.41, 5.74) is 4.29. The molecule has 0 saturated carbocycles. The molecule has 0 aliphatic carbocycles. The summed E-state index contributed by atoms with van der Waals surface area (Å²) in [6, 6.07) is 26.7. The summed E-state index contributed by atoms with van der Waals surface area (Å²) in [6.45, 7) is 0.469. The molecule has 0 unspecified atom stereocenters. The number of nitrogens with one attached hydrogen (secondary N) is 2. The van der Waals surface area contributed by atoms with Crippen molar-refractivity contribution < 1.29 is 13.0 Å². The molecule has 0 saturated heterocycles. The van der Waals surface area contributed by atoms with Gasteiger partial charge in [0.1, 0.15) is 10.6 Å². The summed E-state index contributed by atoms with van der Waals surface area (Å²) < 4.78 is 33.0. The van der Waals surface area contributed by atoms with Gasteiger partial charge in [0.2, 0.25) is 0 Å². The molecule has 2 heterocycles. The maximum Gasteiger partial charge on any atom is 0.357 e. The van der Waals surface area contributed by atoms with Gasteiger partial charge in [-0.3, -0.25) is 9.27 Å². The molecule has 7 nitrogen and oxygen atoms in total. The normalized spacial score (nSPS) is 11.4. The van der Waals surface area contributed by atoms with Crippen molar-refractivity contribution in [1.82, 2.24) is 9.97 Å². The summed E-state index contributed by atoms with van der Waals surface area (Å²) in [7, 11) is -4.31. The third-order valence-corrected chi connectivity index (χ3v) is 6.58. The van der Waals surface area contributed by atoms with Crippen molar-refractivity contribution in [2.45, 2.75) is 6.54 Å². The third kappa shape index (κ3) is 4.91. The van der Waals surface area contributed by atoms with Gasteiger partial charge in [0.15, 0.2) is 5.82 Å². The Labute approximate surface area is 201 Å². The van der Waals surface area contributed by atoms with Crippen molar-refractivity contribution in [2.24, 2.45) is 0 Å². The Morgan fingerprint density at radius 2 is 1.47 bits per heavy atom. The van der Waals surface area contributed by atoms with E-state index in [2.05, 4.69) is 22.8 Å². The number of nitrogens with zero attached hydrogens (tertiary/aromatic N) is 2. The molecule has 5 aromatic rings. The van der Waals surface area contributed by atoms with E-state index in [0.717, 1.165) is 38.3 Å². The highest BCUT2D eigenvalue weighted by Gasteiger charge is 2.16. The zero-order valence-electron chi connectivity index (χ0n) is 17.8. The van der Waals surface area contributed by atoms with Crippen LogP contribution in [0, 0.1) is 0 Å². The Morgan fingerprint density at radius 3 is 2.12 bits per heavy atom. The van der Waals surface area contributed by atoms with Crippen molar-refractivity contribution in [1.29, 1.82) is 0 Å². The summed E-state index contributed by atoms with van der Waals surface area (Å²) in [4.78, 5) is 10.6. The predicted molar refractivity (Wildman–Crippen MR) is 137 cm³/mol. The second kappa shape index (κ2) is 9.22. The maximum atomic E-state index is 11.0. The first-order valence-electron chi connectivity index (χ1n) is 10.4. The number of benzene rings is 3. The lowest BCUT2D eigenvalue weighted by molar-refractivity contribution is 0.489. The molecule has 0 atom stereocenters. The fraction of sp³-hybridized carbons (Fsp3) is 0.0400. The van der Waals surface area contributed by atoms with Gasteiger partial charge in [-0.2, -0.15) is 8.42 Å². The lowest BCUT2D eigenvalue weighted by Gasteiger charge is -2.12. The number of fused-ring (bicyclic) bond motifs is 1. The molecular weight excluding hydrogens is 468 g/mol. The quantitative estimate of drug-likeness (QED) is 0.248. The molecule has 0 fully saturated rings. The number of aromatic nitrogens is 2. The molecule has 0 aliphatic rings. The zero-order chi connectivity index (χ0) is 23.5. The minimum Gasteiger partial charge on any atom is -0.365 e. The van der Waals surface area contributed by atoms with Crippen molar-refractivity contribution in [3.8, 4) is 22.5 Å². The van der Waals surface area contributed by atoms with Crippen molar-refractivity contribution >= 4 is 43.4 Å². The van der Waals surface area contributed by atoms with E-state index in [9.17, 15) is 8.42 Å². The van der Waals surface area contributed by atoms with Crippen LogP contribution in [0.1, 0.15) is 5.56 Å². The molecule has 3 aromatic carbocycles. The molecule has 2 aromatic heterocycles. The van der Waals surface area contributed by atoms with Crippen LogP contribution >= 0.6 is 11.3 Å². The molecule has 0 amide bonds. The SMILES string of the molecule is O=S(=O)(O)Nc1ccc(CNc2nc(-c3ccccc3)nc3scc(-c4ccccc4)c23)cc1. The lowest BCUT2D eigenvalue weighted by atomic mass is 10.1. The molecule has 0 spiro atoms. The third-order valence-electron chi connectivity index (χ3n) is 5.21. The number of anilines is 2. The zero-order valence-corrected chi connectivity index (χ0v) is 19.5. The van der Waals surface area contributed by atoms with E-state index >= 15 is 0 Å². The molecular formula is C25H20N4O3S2. The summed E-state index contributed by atoms with van der Waals surface area (Å²) >= 11 is 1.58. The topological polar surface area (TPSA) is 104 Å². The first-order valence-corrected chi connectivity index (χ1v) is 12.8. The van der Waals surface area contributed by atoms with Gasteiger partial charge in [0.05, 0.1) is 11.1 Å². The first-order chi connectivity index (χ1) is 16.5. The standard InChI is InChI=1S/C25H20N4O3S2/c30-34(31,32)29-20-13-11-17(12-14-20)15-26-24-22-21(18-7-3-1-4-8-18)16-33-25(22)28-23(27-24)19-9-5-2-6-10-19/h1-14,16,29H,15H2,(H,26,27,28)(H,30,31,32). The Kier molecular flexibility index (Phi) is 5.97. The van der Waals surface area contributed by atoms with Crippen LogP contribution in [0.2, 0.25) is 0 Å². The Morgan fingerprint density at radius 1 is 0.824 bits per heavy atom. The van der Waals surface area contributed by atoms with Crippen LogP contribution in [0.15, 0.2) is 90.3 Å². The molecule has 3 N–H and O–H groups in total. The Hall–Kier alpha value is -3.79. The number of hydrogen-bond donors (Lipinski definition) is 3. The highest BCUT2D eigenvalue weighted by Crippen LogP contribution is 2.38. The first kappa shape index (κ1) is 22.0.